The summed E-state index contributed by atoms with van der Waals surface area (Å²) in [5.74, 6) is 0.851. The highest BCUT2D eigenvalue weighted by Crippen LogP contribution is 2.31. The monoisotopic (exact) mass is 470 g/mol. The molecule has 0 saturated heterocycles. The van der Waals surface area contributed by atoms with Crippen molar-refractivity contribution in [3.05, 3.63) is 113 Å². The van der Waals surface area contributed by atoms with E-state index in [1.165, 1.54) is 15.8 Å². The van der Waals surface area contributed by atoms with Gasteiger partial charge in [-0.15, -0.1) is 11.3 Å². The molecule has 33 heavy (non-hydrogen) atoms. The first-order valence-corrected chi connectivity index (χ1v) is 12.0. The van der Waals surface area contributed by atoms with Crippen molar-refractivity contribution in [1.82, 2.24) is 4.98 Å². The molecule has 0 saturated carbocycles. The quantitative estimate of drug-likeness (QED) is 0.261. The van der Waals surface area contributed by atoms with Crippen LogP contribution in [-0.4, -0.2) is 4.98 Å². The van der Waals surface area contributed by atoms with Crippen molar-refractivity contribution in [3.8, 4) is 16.3 Å². The molecule has 0 spiro atoms. The minimum Gasteiger partial charge on any atom is -0.489 e. The first-order chi connectivity index (χ1) is 16.1. The zero-order chi connectivity index (χ0) is 22.6. The van der Waals surface area contributed by atoms with Gasteiger partial charge in [0.25, 0.3) is 0 Å². The van der Waals surface area contributed by atoms with Gasteiger partial charge in [0.05, 0.1) is 10.2 Å². The third-order valence-electron chi connectivity index (χ3n) is 5.41. The molecule has 1 aromatic heterocycles. The SMILES string of the molecule is Cc1ccc2nc(-c3ccc(NCc4ccc(OCc5ccc(Cl)cc5)cc4)cc3)sc2c1. The van der Waals surface area contributed by atoms with E-state index in [9.17, 15) is 0 Å². The van der Waals surface area contributed by atoms with E-state index < -0.39 is 0 Å². The molecule has 5 rings (SSSR count). The highest BCUT2D eigenvalue weighted by atomic mass is 35.5. The Morgan fingerprint density at radius 3 is 2.33 bits per heavy atom. The van der Waals surface area contributed by atoms with E-state index in [0.29, 0.717) is 6.61 Å². The summed E-state index contributed by atoms with van der Waals surface area (Å²) in [5.41, 5.74) is 6.83. The molecule has 0 bridgehead atoms. The van der Waals surface area contributed by atoms with Crippen molar-refractivity contribution in [2.45, 2.75) is 20.1 Å². The number of halogens is 1. The Morgan fingerprint density at radius 2 is 1.58 bits per heavy atom. The summed E-state index contributed by atoms with van der Waals surface area (Å²) in [6, 6.07) is 30.7. The lowest BCUT2D eigenvalue weighted by atomic mass is 10.2. The van der Waals surface area contributed by atoms with E-state index in [-0.39, 0.29) is 0 Å². The second-order valence-corrected chi connectivity index (χ2v) is 9.45. The first kappa shape index (κ1) is 21.5. The average Bonchev–Trinajstić information content (AvgIpc) is 3.26. The standard InChI is InChI=1S/C28H23ClN2OS/c1-19-2-15-26-27(16-19)33-28(31-26)22-7-11-24(12-8-22)30-17-20-5-13-25(14-6-20)32-18-21-3-9-23(29)10-4-21/h2-16,30H,17-18H2,1H3. The van der Waals surface area contributed by atoms with Gasteiger partial charge >= 0.3 is 0 Å². The van der Waals surface area contributed by atoms with Crippen LogP contribution in [0, 0.1) is 6.92 Å². The molecule has 5 heteroatoms. The third kappa shape index (κ3) is 5.36. The van der Waals surface area contributed by atoms with Gasteiger partial charge in [-0.2, -0.15) is 0 Å². The van der Waals surface area contributed by atoms with Crippen LogP contribution >= 0.6 is 22.9 Å². The van der Waals surface area contributed by atoms with Crippen molar-refractivity contribution >= 4 is 38.8 Å². The summed E-state index contributed by atoms with van der Waals surface area (Å²) in [7, 11) is 0. The number of fused-ring (bicyclic) bond motifs is 1. The molecule has 1 heterocycles. The van der Waals surface area contributed by atoms with Gasteiger partial charge in [0.2, 0.25) is 0 Å². The number of aryl methyl sites for hydroxylation is 1. The zero-order valence-electron chi connectivity index (χ0n) is 18.2. The van der Waals surface area contributed by atoms with Gasteiger partial charge in [0.15, 0.2) is 0 Å². The number of hydrogen-bond acceptors (Lipinski definition) is 4. The molecule has 164 valence electrons. The molecule has 0 aliphatic carbocycles. The number of benzene rings is 4. The highest BCUT2D eigenvalue weighted by molar-refractivity contribution is 7.21. The van der Waals surface area contributed by atoms with Crippen LogP contribution in [0.15, 0.2) is 91.0 Å². The Bertz CT molecular complexity index is 1360. The Labute approximate surface area is 202 Å². The molecule has 0 fully saturated rings. The lowest BCUT2D eigenvalue weighted by molar-refractivity contribution is 0.306. The molecular formula is C28H23ClN2OS. The lowest BCUT2D eigenvalue weighted by Crippen LogP contribution is -2.00. The Balaban J connectivity index is 1.16. The topological polar surface area (TPSA) is 34.2 Å². The van der Waals surface area contributed by atoms with Crippen molar-refractivity contribution in [2.75, 3.05) is 5.32 Å². The molecule has 0 atom stereocenters. The van der Waals surface area contributed by atoms with E-state index in [0.717, 1.165) is 44.7 Å². The predicted molar refractivity (Wildman–Crippen MR) is 139 cm³/mol. The number of thiazole rings is 1. The van der Waals surface area contributed by atoms with Gasteiger partial charge in [-0.1, -0.05) is 41.9 Å². The summed E-state index contributed by atoms with van der Waals surface area (Å²) in [6.45, 7) is 3.38. The minimum atomic E-state index is 0.523. The van der Waals surface area contributed by atoms with Gasteiger partial charge in [-0.3, -0.25) is 0 Å². The highest BCUT2D eigenvalue weighted by Gasteiger charge is 2.07. The predicted octanol–water partition coefficient (Wildman–Crippen LogP) is 8.12. The van der Waals surface area contributed by atoms with Crippen molar-refractivity contribution in [1.29, 1.82) is 0 Å². The van der Waals surface area contributed by atoms with Crippen LogP contribution < -0.4 is 10.1 Å². The van der Waals surface area contributed by atoms with Crippen LogP contribution in [0.5, 0.6) is 5.75 Å². The maximum Gasteiger partial charge on any atom is 0.124 e. The van der Waals surface area contributed by atoms with E-state index in [1.54, 1.807) is 11.3 Å². The summed E-state index contributed by atoms with van der Waals surface area (Å²) in [5, 5.41) is 5.27. The number of ether oxygens (including phenoxy) is 1. The normalized spacial score (nSPS) is 11.0. The Kier molecular flexibility index (Phi) is 6.29. The van der Waals surface area contributed by atoms with Crippen LogP contribution in [0.3, 0.4) is 0 Å². The van der Waals surface area contributed by atoms with Gasteiger partial charge in [-0.05, 0) is 84.3 Å². The van der Waals surface area contributed by atoms with Crippen LogP contribution in [0.4, 0.5) is 5.69 Å². The summed E-state index contributed by atoms with van der Waals surface area (Å²) in [4.78, 5) is 4.77. The largest absolute Gasteiger partial charge is 0.489 e. The lowest BCUT2D eigenvalue weighted by Gasteiger charge is -2.09. The fraction of sp³-hybridized carbons (Fsp3) is 0.107. The van der Waals surface area contributed by atoms with Crippen LogP contribution in [0.1, 0.15) is 16.7 Å². The second kappa shape index (κ2) is 9.65. The first-order valence-electron chi connectivity index (χ1n) is 10.8. The minimum absolute atomic E-state index is 0.523. The number of anilines is 1. The van der Waals surface area contributed by atoms with Gasteiger partial charge in [0.1, 0.15) is 17.4 Å². The van der Waals surface area contributed by atoms with Gasteiger partial charge < -0.3 is 10.1 Å². The van der Waals surface area contributed by atoms with Crippen LogP contribution in [0.25, 0.3) is 20.8 Å². The van der Waals surface area contributed by atoms with Crippen molar-refractivity contribution in [3.63, 3.8) is 0 Å². The van der Waals surface area contributed by atoms with E-state index >= 15 is 0 Å². The molecule has 4 aromatic carbocycles. The van der Waals surface area contributed by atoms with Crippen LogP contribution in [0.2, 0.25) is 5.02 Å². The molecule has 0 radical (unpaired) electrons. The average molecular weight is 471 g/mol. The number of hydrogen-bond donors (Lipinski definition) is 1. The summed E-state index contributed by atoms with van der Waals surface area (Å²) >= 11 is 7.66. The van der Waals surface area contributed by atoms with Crippen LogP contribution in [-0.2, 0) is 13.2 Å². The Morgan fingerprint density at radius 1 is 0.848 bits per heavy atom. The summed E-state index contributed by atoms with van der Waals surface area (Å²) in [6.07, 6.45) is 0. The molecule has 1 N–H and O–H groups in total. The fourth-order valence-electron chi connectivity index (χ4n) is 3.54. The molecule has 0 aliphatic rings. The third-order valence-corrected chi connectivity index (χ3v) is 6.73. The van der Waals surface area contributed by atoms with Crippen molar-refractivity contribution in [2.24, 2.45) is 0 Å². The smallest absolute Gasteiger partial charge is 0.124 e. The van der Waals surface area contributed by atoms with Gasteiger partial charge in [0, 0.05) is 22.8 Å². The number of aromatic nitrogens is 1. The second-order valence-electron chi connectivity index (χ2n) is 7.98. The molecule has 3 nitrogen and oxygen atoms in total. The molecule has 5 aromatic rings. The fourth-order valence-corrected chi connectivity index (χ4v) is 4.74. The number of rotatable bonds is 7. The summed E-state index contributed by atoms with van der Waals surface area (Å²) < 4.78 is 7.09. The van der Waals surface area contributed by atoms with Gasteiger partial charge in [-0.25, -0.2) is 4.98 Å². The number of nitrogens with one attached hydrogen (secondary N) is 1. The number of nitrogens with zero attached hydrogens (tertiary/aromatic N) is 1. The van der Waals surface area contributed by atoms with E-state index in [4.69, 9.17) is 21.3 Å². The maximum absolute atomic E-state index is 5.93. The molecular weight excluding hydrogens is 448 g/mol. The maximum atomic E-state index is 5.93. The van der Waals surface area contributed by atoms with E-state index in [1.807, 2.05) is 36.4 Å². The van der Waals surface area contributed by atoms with E-state index in [2.05, 4.69) is 66.8 Å². The zero-order valence-corrected chi connectivity index (χ0v) is 19.8. The molecule has 0 unspecified atom stereocenters. The van der Waals surface area contributed by atoms with Crippen molar-refractivity contribution < 1.29 is 4.74 Å². The Hall–Kier alpha value is -3.34. The molecule has 0 amide bonds. The molecule has 0 aliphatic heterocycles.